The number of nitrogen functional groups attached to an aromatic ring is 1. The Labute approximate surface area is 124 Å². The van der Waals surface area contributed by atoms with E-state index < -0.39 is 0 Å². The maximum absolute atomic E-state index is 6.19. The van der Waals surface area contributed by atoms with Crippen molar-refractivity contribution < 1.29 is 4.74 Å². The number of aryl methyl sites for hydroxylation is 2. The molecule has 0 fully saturated rings. The van der Waals surface area contributed by atoms with Crippen molar-refractivity contribution in [3.63, 3.8) is 0 Å². The van der Waals surface area contributed by atoms with Gasteiger partial charge in [0.1, 0.15) is 11.5 Å². The van der Waals surface area contributed by atoms with Crippen LogP contribution >= 0.6 is 0 Å². The summed E-state index contributed by atoms with van der Waals surface area (Å²) in [7, 11) is 0. The van der Waals surface area contributed by atoms with Gasteiger partial charge < -0.3 is 10.5 Å². The van der Waals surface area contributed by atoms with Crippen molar-refractivity contribution in [3.05, 3.63) is 59.4 Å². The Morgan fingerprint density at radius 2 is 1.67 bits per heavy atom. The zero-order valence-corrected chi connectivity index (χ0v) is 12.5. The third kappa shape index (κ3) is 2.31. The zero-order valence-electron chi connectivity index (χ0n) is 12.5. The number of rotatable bonds is 2. The molecule has 21 heavy (non-hydrogen) atoms. The van der Waals surface area contributed by atoms with Crippen LogP contribution in [0.3, 0.4) is 0 Å². The van der Waals surface area contributed by atoms with Crippen LogP contribution in [0.15, 0.2) is 42.7 Å². The van der Waals surface area contributed by atoms with Gasteiger partial charge in [-0.3, -0.25) is 4.98 Å². The first-order valence-electron chi connectivity index (χ1n) is 6.95. The number of pyridine rings is 1. The van der Waals surface area contributed by atoms with Crippen LogP contribution in [0.4, 0.5) is 5.69 Å². The van der Waals surface area contributed by atoms with E-state index in [1.807, 2.05) is 18.2 Å². The van der Waals surface area contributed by atoms with Crippen molar-refractivity contribution in [2.75, 3.05) is 5.73 Å². The van der Waals surface area contributed by atoms with Gasteiger partial charge in [-0.15, -0.1) is 0 Å². The Morgan fingerprint density at radius 1 is 0.905 bits per heavy atom. The molecule has 1 aromatic heterocycles. The molecule has 0 bridgehead atoms. The van der Waals surface area contributed by atoms with E-state index in [1.54, 1.807) is 12.4 Å². The summed E-state index contributed by atoms with van der Waals surface area (Å²) in [6, 6.07) is 9.88. The molecule has 0 aliphatic heterocycles. The third-order valence-corrected chi connectivity index (χ3v) is 3.90. The van der Waals surface area contributed by atoms with Crippen molar-refractivity contribution in [1.29, 1.82) is 0 Å². The molecule has 0 amide bonds. The highest BCUT2D eigenvalue weighted by atomic mass is 16.5. The van der Waals surface area contributed by atoms with Gasteiger partial charge in [-0.1, -0.05) is 12.1 Å². The predicted octanol–water partition coefficient (Wildman–Crippen LogP) is 4.53. The normalized spacial score (nSPS) is 10.8. The molecule has 0 atom stereocenters. The molecule has 3 aromatic rings. The monoisotopic (exact) mass is 278 g/mol. The Hall–Kier alpha value is -2.55. The van der Waals surface area contributed by atoms with Crippen LogP contribution < -0.4 is 10.5 Å². The Balaban J connectivity index is 2.16. The molecule has 2 N–H and O–H groups in total. The van der Waals surface area contributed by atoms with Crippen molar-refractivity contribution in [3.8, 4) is 11.5 Å². The summed E-state index contributed by atoms with van der Waals surface area (Å²) < 4.78 is 6.19. The fraction of sp³-hybridized carbons (Fsp3) is 0.167. The van der Waals surface area contributed by atoms with E-state index in [1.165, 1.54) is 5.56 Å². The predicted molar refractivity (Wildman–Crippen MR) is 86.9 cm³/mol. The molecule has 3 heteroatoms. The van der Waals surface area contributed by atoms with Crippen molar-refractivity contribution in [2.45, 2.75) is 20.8 Å². The molecule has 0 aliphatic rings. The number of hydrogen-bond acceptors (Lipinski definition) is 3. The molecule has 106 valence electrons. The molecule has 0 aliphatic carbocycles. The Bertz CT molecular complexity index is 825. The second kappa shape index (κ2) is 5.09. The summed E-state index contributed by atoms with van der Waals surface area (Å²) >= 11 is 0. The molecule has 3 nitrogen and oxygen atoms in total. The van der Waals surface area contributed by atoms with Crippen molar-refractivity contribution in [2.24, 2.45) is 0 Å². The molecule has 1 heterocycles. The van der Waals surface area contributed by atoms with Gasteiger partial charge >= 0.3 is 0 Å². The van der Waals surface area contributed by atoms with Gasteiger partial charge in [0.15, 0.2) is 0 Å². The summed E-state index contributed by atoms with van der Waals surface area (Å²) in [5, 5.41) is 1.89. The molecule has 0 radical (unpaired) electrons. The molecule has 0 saturated heterocycles. The first-order chi connectivity index (χ1) is 10.1. The van der Waals surface area contributed by atoms with Gasteiger partial charge in [-0.05, 0) is 55.7 Å². The van der Waals surface area contributed by atoms with Crippen LogP contribution in [-0.4, -0.2) is 4.98 Å². The summed E-state index contributed by atoms with van der Waals surface area (Å²) in [6.45, 7) is 6.22. The maximum atomic E-state index is 6.19. The number of anilines is 1. The summed E-state index contributed by atoms with van der Waals surface area (Å²) in [6.07, 6.45) is 3.53. The molecular weight excluding hydrogens is 260 g/mol. The summed E-state index contributed by atoms with van der Waals surface area (Å²) in [5.74, 6) is 1.69. The second-order valence-electron chi connectivity index (χ2n) is 5.33. The highest BCUT2D eigenvalue weighted by Crippen LogP contribution is 2.36. The largest absolute Gasteiger partial charge is 0.456 e. The van der Waals surface area contributed by atoms with Crippen LogP contribution in [-0.2, 0) is 0 Å². The van der Waals surface area contributed by atoms with Crippen molar-refractivity contribution in [1.82, 2.24) is 4.98 Å². The number of aromatic nitrogens is 1. The quantitative estimate of drug-likeness (QED) is 0.700. The Kier molecular flexibility index (Phi) is 3.26. The van der Waals surface area contributed by atoms with E-state index in [0.717, 1.165) is 39.1 Å². The van der Waals surface area contributed by atoms with E-state index in [2.05, 4.69) is 37.9 Å². The highest BCUT2D eigenvalue weighted by Gasteiger charge is 2.11. The third-order valence-electron chi connectivity index (χ3n) is 3.90. The van der Waals surface area contributed by atoms with Crippen LogP contribution in [0.2, 0.25) is 0 Å². The number of fused-ring (bicyclic) bond motifs is 1. The first kappa shape index (κ1) is 13.4. The average Bonchev–Trinajstić information content (AvgIpc) is 2.50. The van der Waals surface area contributed by atoms with E-state index in [9.17, 15) is 0 Å². The van der Waals surface area contributed by atoms with E-state index in [0.29, 0.717) is 0 Å². The smallest absolute Gasteiger partial charge is 0.136 e. The fourth-order valence-corrected chi connectivity index (χ4v) is 2.47. The van der Waals surface area contributed by atoms with Gasteiger partial charge in [0.25, 0.3) is 0 Å². The highest BCUT2D eigenvalue weighted by molar-refractivity contribution is 5.96. The zero-order chi connectivity index (χ0) is 15.0. The van der Waals surface area contributed by atoms with Gasteiger partial charge in [0, 0.05) is 28.9 Å². The van der Waals surface area contributed by atoms with Crippen LogP contribution in [0.1, 0.15) is 16.7 Å². The lowest BCUT2D eigenvalue weighted by molar-refractivity contribution is 0.480. The molecule has 0 saturated carbocycles. The van der Waals surface area contributed by atoms with Gasteiger partial charge in [0.05, 0.1) is 0 Å². The molecule has 0 spiro atoms. The lowest BCUT2D eigenvalue weighted by Gasteiger charge is -2.15. The van der Waals surface area contributed by atoms with E-state index >= 15 is 0 Å². The summed E-state index contributed by atoms with van der Waals surface area (Å²) in [4.78, 5) is 4.18. The molecule has 2 aromatic carbocycles. The second-order valence-corrected chi connectivity index (χ2v) is 5.33. The van der Waals surface area contributed by atoms with E-state index in [4.69, 9.17) is 10.5 Å². The minimum Gasteiger partial charge on any atom is -0.456 e. The van der Waals surface area contributed by atoms with Crippen LogP contribution in [0.25, 0.3) is 10.8 Å². The number of ether oxygens (including phenoxy) is 1. The molecule has 3 rings (SSSR count). The minimum atomic E-state index is 0.734. The van der Waals surface area contributed by atoms with Gasteiger partial charge in [-0.2, -0.15) is 0 Å². The summed E-state index contributed by atoms with van der Waals surface area (Å²) in [5.41, 5.74) is 10.2. The molecular formula is C18H18N2O. The fourth-order valence-electron chi connectivity index (χ4n) is 2.47. The maximum Gasteiger partial charge on any atom is 0.136 e. The van der Waals surface area contributed by atoms with E-state index in [-0.39, 0.29) is 0 Å². The Morgan fingerprint density at radius 3 is 2.48 bits per heavy atom. The molecule has 0 unspecified atom stereocenters. The number of hydrogen-bond donors (Lipinski definition) is 1. The lowest BCUT2D eigenvalue weighted by atomic mass is 10.0. The van der Waals surface area contributed by atoms with Crippen LogP contribution in [0, 0.1) is 20.8 Å². The SMILES string of the molecule is Cc1ccc(C)c(Oc2ccc(N)c3ccncc23)c1C. The van der Waals surface area contributed by atoms with Gasteiger partial charge in [0.2, 0.25) is 0 Å². The first-order valence-corrected chi connectivity index (χ1v) is 6.95. The number of nitrogens with two attached hydrogens (primary N) is 1. The van der Waals surface area contributed by atoms with Crippen molar-refractivity contribution >= 4 is 16.5 Å². The topological polar surface area (TPSA) is 48.1 Å². The minimum absolute atomic E-state index is 0.734. The standard InChI is InChI=1S/C18H18N2O/c1-11-4-5-12(2)18(13(11)3)21-17-7-6-16(19)14-8-9-20-10-15(14)17/h4-10H,19H2,1-3H3. The number of nitrogens with zero attached hydrogens (tertiary/aromatic N) is 1. The van der Waals surface area contributed by atoms with Gasteiger partial charge in [-0.25, -0.2) is 0 Å². The number of benzene rings is 2. The van der Waals surface area contributed by atoms with Crippen LogP contribution in [0.5, 0.6) is 11.5 Å². The average molecular weight is 278 g/mol. The lowest BCUT2D eigenvalue weighted by Crippen LogP contribution is -1.95.